The highest BCUT2D eigenvalue weighted by Crippen LogP contribution is 2.27. The Morgan fingerprint density at radius 1 is 0.902 bits per heavy atom. The van der Waals surface area contributed by atoms with Gasteiger partial charge >= 0.3 is 0 Å². The van der Waals surface area contributed by atoms with Crippen LogP contribution in [0.25, 0.3) is 0 Å². The molecule has 0 aromatic heterocycles. The number of carbonyl (C=O) groups excluding carboxylic acids is 2. The molecule has 1 atom stereocenters. The number of ether oxygens (including phenoxy) is 1. The first-order chi connectivity index (χ1) is 19.4. The Labute approximate surface area is 244 Å². The van der Waals surface area contributed by atoms with E-state index in [1.807, 2.05) is 65.8 Å². The van der Waals surface area contributed by atoms with Crippen LogP contribution in [-0.2, 0) is 26.2 Å². The van der Waals surface area contributed by atoms with Crippen molar-refractivity contribution in [2.45, 2.75) is 71.0 Å². The lowest BCUT2D eigenvalue weighted by Gasteiger charge is -2.35. The van der Waals surface area contributed by atoms with Crippen LogP contribution in [0.1, 0.15) is 52.2 Å². The Morgan fingerprint density at radius 3 is 2.07 bits per heavy atom. The van der Waals surface area contributed by atoms with Crippen molar-refractivity contribution in [1.29, 1.82) is 0 Å². The molecule has 2 amide bonds. The zero-order valence-corrected chi connectivity index (χ0v) is 25.6. The monoisotopic (exact) mass is 579 g/mol. The van der Waals surface area contributed by atoms with Crippen molar-refractivity contribution < 1.29 is 22.7 Å². The predicted molar refractivity (Wildman–Crippen MR) is 162 cm³/mol. The fraction of sp³-hybridized carbons (Fsp3) is 0.375. The number of hydrogen-bond acceptors (Lipinski definition) is 5. The van der Waals surface area contributed by atoms with E-state index < -0.39 is 34.1 Å². The summed E-state index contributed by atoms with van der Waals surface area (Å²) >= 11 is 0. The van der Waals surface area contributed by atoms with Crippen molar-refractivity contribution in [1.82, 2.24) is 10.2 Å². The van der Waals surface area contributed by atoms with E-state index in [4.69, 9.17) is 4.74 Å². The van der Waals surface area contributed by atoms with Gasteiger partial charge in [-0.2, -0.15) is 0 Å². The molecule has 0 aliphatic carbocycles. The maximum absolute atomic E-state index is 14.2. The number of nitrogens with one attached hydrogen (secondary N) is 1. The standard InChI is InChI=1S/C32H41N3O5S/c1-7-29(31(37)33-32(4,5)6)34(22-25-15-13-12-14-24(25)3)30(36)23-35(26-18-20-27(21-19-26)40-8-2)41(38,39)28-16-10-9-11-17-28/h9-21,29H,7-8,22-23H2,1-6H3,(H,33,37)/t29-/m1/s1. The van der Waals surface area contributed by atoms with Crippen molar-refractivity contribution in [3.8, 4) is 5.75 Å². The van der Waals surface area contributed by atoms with Crippen LogP contribution in [0.5, 0.6) is 5.75 Å². The topological polar surface area (TPSA) is 96.0 Å². The second-order valence-corrected chi connectivity index (χ2v) is 12.7. The molecule has 41 heavy (non-hydrogen) atoms. The molecule has 8 nitrogen and oxygen atoms in total. The summed E-state index contributed by atoms with van der Waals surface area (Å²) in [6.45, 7) is 11.4. The first kappa shape index (κ1) is 31.7. The molecule has 0 spiro atoms. The molecule has 0 radical (unpaired) electrons. The molecule has 0 fully saturated rings. The van der Waals surface area contributed by atoms with Gasteiger partial charge in [-0.1, -0.05) is 49.4 Å². The number of amides is 2. The average molecular weight is 580 g/mol. The lowest BCUT2D eigenvalue weighted by Crippen LogP contribution is -2.55. The molecule has 220 valence electrons. The van der Waals surface area contributed by atoms with Gasteiger partial charge in [0.1, 0.15) is 18.3 Å². The highest BCUT2D eigenvalue weighted by molar-refractivity contribution is 7.92. The summed E-state index contributed by atoms with van der Waals surface area (Å²) < 4.78 is 34.5. The lowest BCUT2D eigenvalue weighted by molar-refractivity contribution is -0.141. The molecule has 3 rings (SSSR count). The van der Waals surface area contributed by atoms with Crippen LogP contribution in [0.2, 0.25) is 0 Å². The van der Waals surface area contributed by atoms with E-state index in [0.717, 1.165) is 15.4 Å². The molecule has 0 aliphatic heterocycles. The normalized spacial score (nSPS) is 12.3. The number of carbonyl (C=O) groups is 2. The summed E-state index contributed by atoms with van der Waals surface area (Å²) in [5.74, 6) is -0.191. The Morgan fingerprint density at radius 2 is 1.51 bits per heavy atom. The number of rotatable bonds is 12. The molecule has 3 aromatic rings. The highest BCUT2D eigenvalue weighted by atomic mass is 32.2. The average Bonchev–Trinajstić information content (AvgIpc) is 2.92. The predicted octanol–water partition coefficient (Wildman–Crippen LogP) is 5.31. The number of nitrogens with zero attached hydrogens (tertiary/aromatic N) is 2. The van der Waals surface area contributed by atoms with Crippen molar-refractivity contribution >= 4 is 27.5 Å². The minimum atomic E-state index is -4.13. The third-order valence-electron chi connectivity index (χ3n) is 6.53. The highest BCUT2D eigenvalue weighted by Gasteiger charge is 2.34. The van der Waals surface area contributed by atoms with E-state index in [1.165, 1.54) is 17.0 Å². The van der Waals surface area contributed by atoms with Gasteiger partial charge in [0.25, 0.3) is 10.0 Å². The van der Waals surface area contributed by atoms with Crippen molar-refractivity contribution in [2.75, 3.05) is 17.5 Å². The van der Waals surface area contributed by atoms with Gasteiger partial charge in [0.15, 0.2) is 0 Å². The fourth-order valence-corrected chi connectivity index (χ4v) is 5.90. The first-order valence-corrected chi connectivity index (χ1v) is 15.3. The molecule has 0 bridgehead atoms. The Kier molecular flexibility index (Phi) is 10.6. The number of aryl methyl sites for hydroxylation is 1. The Hall–Kier alpha value is -3.85. The van der Waals surface area contributed by atoms with Gasteiger partial charge in [0, 0.05) is 12.1 Å². The van der Waals surface area contributed by atoms with Crippen LogP contribution in [0.4, 0.5) is 5.69 Å². The molecule has 0 heterocycles. The van der Waals surface area contributed by atoms with E-state index in [2.05, 4.69) is 5.32 Å². The summed E-state index contributed by atoms with van der Waals surface area (Å²) in [6.07, 6.45) is 0.355. The summed E-state index contributed by atoms with van der Waals surface area (Å²) in [7, 11) is -4.13. The van der Waals surface area contributed by atoms with Gasteiger partial charge in [-0.3, -0.25) is 13.9 Å². The lowest BCUT2D eigenvalue weighted by atomic mass is 10.0. The summed E-state index contributed by atoms with van der Waals surface area (Å²) in [5.41, 5.74) is 1.65. The molecule has 0 saturated carbocycles. The van der Waals surface area contributed by atoms with Crippen LogP contribution in [0.15, 0.2) is 83.8 Å². The Balaban J connectivity index is 2.07. The van der Waals surface area contributed by atoms with Gasteiger partial charge < -0.3 is 15.0 Å². The van der Waals surface area contributed by atoms with Crippen molar-refractivity contribution in [3.05, 3.63) is 90.0 Å². The maximum atomic E-state index is 14.2. The zero-order valence-electron chi connectivity index (χ0n) is 24.8. The number of sulfonamides is 1. The van der Waals surface area contributed by atoms with E-state index in [-0.39, 0.29) is 17.3 Å². The maximum Gasteiger partial charge on any atom is 0.264 e. The molecular weight excluding hydrogens is 538 g/mol. The third kappa shape index (κ3) is 8.33. The van der Waals surface area contributed by atoms with Crippen molar-refractivity contribution in [2.24, 2.45) is 0 Å². The van der Waals surface area contributed by atoms with Crippen LogP contribution in [-0.4, -0.2) is 49.9 Å². The molecule has 3 aromatic carbocycles. The quantitative estimate of drug-likeness (QED) is 0.314. The number of anilines is 1. The minimum absolute atomic E-state index is 0.0599. The van der Waals surface area contributed by atoms with E-state index >= 15 is 0 Å². The smallest absolute Gasteiger partial charge is 0.264 e. The number of benzene rings is 3. The third-order valence-corrected chi connectivity index (χ3v) is 8.32. The first-order valence-electron chi connectivity index (χ1n) is 13.8. The van der Waals surface area contributed by atoms with Crippen molar-refractivity contribution in [3.63, 3.8) is 0 Å². The van der Waals surface area contributed by atoms with Crippen LogP contribution < -0.4 is 14.4 Å². The molecule has 0 saturated heterocycles. The second kappa shape index (κ2) is 13.7. The van der Waals surface area contributed by atoms with E-state index in [0.29, 0.717) is 24.5 Å². The van der Waals surface area contributed by atoms with Gasteiger partial charge in [0.05, 0.1) is 17.2 Å². The van der Waals surface area contributed by atoms with E-state index in [9.17, 15) is 18.0 Å². The minimum Gasteiger partial charge on any atom is -0.494 e. The molecule has 0 aliphatic rings. The Bertz CT molecular complexity index is 1420. The van der Waals surface area contributed by atoms with E-state index in [1.54, 1.807) is 42.5 Å². The van der Waals surface area contributed by atoms with Crippen LogP contribution in [0.3, 0.4) is 0 Å². The van der Waals surface area contributed by atoms with Crippen LogP contribution in [0, 0.1) is 6.92 Å². The molecule has 0 unspecified atom stereocenters. The molecule has 9 heteroatoms. The summed E-state index contributed by atoms with van der Waals surface area (Å²) in [4.78, 5) is 29.2. The van der Waals surface area contributed by atoms with Crippen LogP contribution >= 0.6 is 0 Å². The van der Waals surface area contributed by atoms with Gasteiger partial charge in [0.2, 0.25) is 11.8 Å². The molecular formula is C32H41N3O5S. The second-order valence-electron chi connectivity index (χ2n) is 10.9. The van der Waals surface area contributed by atoms with Gasteiger partial charge in [-0.05, 0) is 88.6 Å². The van der Waals surface area contributed by atoms with Gasteiger partial charge in [-0.15, -0.1) is 0 Å². The fourth-order valence-electron chi connectivity index (χ4n) is 4.47. The summed E-state index contributed by atoms with van der Waals surface area (Å²) in [6, 6.07) is 21.4. The SMILES string of the molecule is CCOc1ccc(N(CC(=O)N(Cc2ccccc2C)[C@H](CC)C(=O)NC(C)(C)C)S(=O)(=O)c2ccccc2)cc1. The zero-order chi connectivity index (χ0) is 30.2. The summed E-state index contributed by atoms with van der Waals surface area (Å²) in [5, 5.41) is 2.99. The van der Waals surface area contributed by atoms with Gasteiger partial charge in [-0.25, -0.2) is 8.42 Å². The number of hydrogen-bond donors (Lipinski definition) is 1. The largest absolute Gasteiger partial charge is 0.494 e. The molecule has 1 N–H and O–H groups in total.